The molecule has 3 rings (SSSR count). The number of carbonyl (C=O) groups excluding carboxylic acids is 2. The maximum Gasteiger partial charge on any atom is 0.259 e. The smallest absolute Gasteiger partial charge is 0.259 e. The summed E-state index contributed by atoms with van der Waals surface area (Å²) >= 11 is 0. The maximum absolute atomic E-state index is 12.9. The second-order valence-corrected chi connectivity index (χ2v) is 7.29. The molecule has 0 atom stereocenters. The Morgan fingerprint density at radius 2 is 1.63 bits per heavy atom. The number of unbranched alkanes of at least 4 members (excludes halogenated alkanes) is 1. The molecule has 0 saturated carbocycles. The van der Waals surface area contributed by atoms with Crippen molar-refractivity contribution in [3.63, 3.8) is 0 Å². The highest BCUT2D eigenvalue weighted by Gasteiger charge is 2.17. The van der Waals surface area contributed by atoms with Crippen molar-refractivity contribution in [2.75, 3.05) is 11.9 Å². The van der Waals surface area contributed by atoms with Gasteiger partial charge in [-0.3, -0.25) is 9.59 Å². The Kier molecular flexibility index (Phi) is 7.39. The Bertz CT molecular complexity index is 1030. The number of amides is 1. The molecular weight excluding hydrogens is 374 g/mol. The molecule has 0 saturated heterocycles. The molecule has 3 aromatic carbocycles. The molecule has 0 aromatic heterocycles. The minimum atomic E-state index is -0.294. The Hall–Kier alpha value is -3.40. The predicted octanol–water partition coefficient (Wildman–Crippen LogP) is 5.85. The average Bonchev–Trinajstić information content (AvgIpc) is 2.74. The molecule has 1 N–H and O–H groups in total. The second kappa shape index (κ2) is 10.4. The van der Waals surface area contributed by atoms with Gasteiger partial charge >= 0.3 is 0 Å². The number of ether oxygens (including phenoxy) is 1. The van der Waals surface area contributed by atoms with Crippen LogP contribution < -0.4 is 10.1 Å². The number of hydrogen-bond acceptors (Lipinski definition) is 3. The number of benzene rings is 3. The Morgan fingerprint density at radius 3 is 2.40 bits per heavy atom. The highest BCUT2D eigenvalue weighted by molar-refractivity contribution is 6.10. The van der Waals surface area contributed by atoms with Gasteiger partial charge in [-0.05, 0) is 43.2 Å². The average molecular weight is 402 g/mol. The number of para-hydroxylation sites is 2. The van der Waals surface area contributed by atoms with Crippen molar-refractivity contribution in [3.8, 4) is 5.75 Å². The molecule has 0 spiro atoms. The van der Waals surface area contributed by atoms with E-state index in [1.165, 1.54) is 0 Å². The molecule has 154 valence electrons. The maximum atomic E-state index is 12.9. The van der Waals surface area contributed by atoms with Gasteiger partial charge in [-0.1, -0.05) is 67.4 Å². The summed E-state index contributed by atoms with van der Waals surface area (Å²) < 4.78 is 5.78. The van der Waals surface area contributed by atoms with E-state index in [4.69, 9.17) is 4.74 Å². The number of rotatable bonds is 9. The zero-order valence-corrected chi connectivity index (χ0v) is 17.5. The quantitative estimate of drug-likeness (QED) is 0.361. The van der Waals surface area contributed by atoms with E-state index in [9.17, 15) is 9.59 Å². The third kappa shape index (κ3) is 5.57. The van der Waals surface area contributed by atoms with Gasteiger partial charge in [-0.2, -0.15) is 0 Å². The number of anilines is 1. The van der Waals surface area contributed by atoms with Gasteiger partial charge in [0.1, 0.15) is 5.75 Å². The standard InChI is InChI=1S/C26H27NO3/c1-3-4-16-30-25-15-8-6-13-22(25)26(29)27-23-14-7-5-12-21(23)24(28)18-20-11-9-10-19(2)17-20/h5-15,17H,3-4,16,18H2,1-2H3,(H,27,29). The van der Waals surface area contributed by atoms with Gasteiger partial charge in [0.25, 0.3) is 5.91 Å². The summed E-state index contributed by atoms with van der Waals surface area (Å²) in [4.78, 5) is 25.9. The van der Waals surface area contributed by atoms with Gasteiger partial charge in [-0.15, -0.1) is 0 Å². The first kappa shape index (κ1) is 21.3. The fourth-order valence-electron chi connectivity index (χ4n) is 3.23. The fourth-order valence-corrected chi connectivity index (χ4v) is 3.23. The third-order valence-electron chi connectivity index (χ3n) is 4.81. The lowest BCUT2D eigenvalue weighted by molar-refractivity contribution is 0.0994. The lowest BCUT2D eigenvalue weighted by Crippen LogP contribution is -2.17. The van der Waals surface area contributed by atoms with Crippen molar-refractivity contribution in [3.05, 3.63) is 95.1 Å². The molecule has 4 nitrogen and oxygen atoms in total. The van der Waals surface area contributed by atoms with E-state index in [0.717, 1.165) is 24.0 Å². The van der Waals surface area contributed by atoms with E-state index in [1.54, 1.807) is 36.4 Å². The highest BCUT2D eigenvalue weighted by atomic mass is 16.5. The third-order valence-corrected chi connectivity index (χ3v) is 4.81. The zero-order valence-electron chi connectivity index (χ0n) is 17.5. The van der Waals surface area contributed by atoms with Crippen molar-refractivity contribution in [2.24, 2.45) is 0 Å². The van der Waals surface area contributed by atoms with E-state index < -0.39 is 0 Å². The second-order valence-electron chi connectivity index (χ2n) is 7.29. The number of aryl methyl sites for hydroxylation is 1. The molecule has 0 radical (unpaired) electrons. The molecule has 0 aliphatic carbocycles. The number of carbonyl (C=O) groups is 2. The van der Waals surface area contributed by atoms with Crippen molar-refractivity contribution >= 4 is 17.4 Å². The largest absolute Gasteiger partial charge is 0.493 e. The first-order valence-corrected chi connectivity index (χ1v) is 10.3. The number of ketones is 1. The molecule has 0 fully saturated rings. The monoisotopic (exact) mass is 401 g/mol. The van der Waals surface area contributed by atoms with Crippen LogP contribution in [0.5, 0.6) is 5.75 Å². The first-order valence-electron chi connectivity index (χ1n) is 10.3. The van der Waals surface area contributed by atoms with Crippen LogP contribution in [0.4, 0.5) is 5.69 Å². The van der Waals surface area contributed by atoms with Crippen LogP contribution in [0.25, 0.3) is 0 Å². The summed E-state index contributed by atoms with van der Waals surface area (Å²) in [5.41, 5.74) is 3.52. The lowest BCUT2D eigenvalue weighted by Gasteiger charge is -2.13. The first-order chi connectivity index (χ1) is 14.6. The Balaban J connectivity index is 1.78. The minimum Gasteiger partial charge on any atom is -0.493 e. The minimum absolute atomic E-state index is 0.0380. The van der Waals surface area contributed by atoms with Gasteiger partial charge in [0.2, 0.25) is 0 Å². The van der Waals surface area contributed by atoms with Gasteiger partial charge in [0.05, 0.1) is 17.9 Å². The van der Waals surface area contributed by atoms with E-state index in [2.05, 4.69) is 12.2 Å². The highest BCUT2D eigenvalue weighted by Crippen LogP contribution is 2.23. The number of nitrogens with one attached hydrogen (secondary N) is 1. The molecule has 0 bridgehead atoms. The van der Waals surface area contributed by atoms with Crippen molar-refractivity contribution in [2.45, 2.75) is 33.1 Å². The summed E-state index contributed by atoms with van der Waals surface area (Å²) in [7, 11) is 0. The van der Waals surface area contributed by atoms with Crippen LogP contribution in [0, 0.1) is 6.92 Å². The zero-order chi connectivity index (χ0) is 21.3. The van der Waals surface area contributed by atoms with Crippen molar-refractivity contribution in [1.82, 2.24) is 0 Å². The topological polar surface area (TPSA) is 55.4 Å². The molecule has 0 aliphatic rings. The van der Waals surface area contributed by atoms with Crippen LogP contribution in [0.15, 0.2) is 72.8 Å². The van der Waals surface area contributed by atoms with Gasteiger partial charge in [0, 0.05) is 12.0 Å². The summed E-state index contributed by atoms with van der Waals surface area (Å²) in [5.74, 6) is 0.217. The molecule has 1 amide bonds. The van der Waals surface area contributed by atoms with Crippen LogP contribution in [0.3, 0.4) is 0 Å². The Morgan fingerprint density at radius 1 is 0.900 bits per heavy atom. The molecule has 4 heteroatoms. The van der Waals surface area contributed by atoms with E-state index in [1.807, 2.05) is 43.3 Å². The van der Waals surface area contributed by atoms with Crippen LogP contribution >= 0.6 is 0 Å². The van der Waals surface area contributed by atoms with Crippen molar-refractivity contribution < 1.29 is 14.3 Å². The number of Topliss-reactive ketones (excluding diaryl/α,β-unsaturated/α-hetero) is 1. The van der Waals surface area contributed by atoms with Crippen LogP contribution in [-0.4, -0.2) is 18.3 Å². The van der Waals surface area contributed by atoms with Crippen LogP contribution in [0.2, 0.25) is 0 Å². The van der Waals surface area contributed by atoms with E-state index in [0.29, 0.717) is 29.2 Å². The number of hydrogen-bond donors (Lipinski definition) is 1. The summed E-state index contributed by atoms with van der Waals surface area (Å²) in [5, 5.41) is 2.90. The van der Waals surface area contributed by atoms with Crippen LogP contribution in [0.1, 0.15) is 51.6 Å². The van der Waals surface area contributed by atoms with Gasteiger partial charge < -0.3 is 10.1 Å². The SMILES string of the molecule is CCCCOc1ccccc1C(=O)Nc1ccccc1C(=O)Cc1cccc(C)c1. The van der Waals surface area contributed by atoms with Gasteiger partial charge in [-0.25, -0.2) is 0 Å². The molecule has 0 unspecified atom stereocenters. The normalized spacial score (nSPS) is 10.5. The predicted molar refractivity (Wildman–Crippen MR) is 120 cm³/mol. The van der Waals surface area contributed by atoms with Crippen molar-refractivity contribution in [1.29, 1.82) is 0 Å². The Labute approximate surface area is 177 Å². The molecule has 3 aromatic rings. The van der Waals surface area contributed by atoms with E-state index in [-0.39, 0.29) is 18.1 Å². The fraction of sp³-hybridized carbons (Fsp3) is 0.231. The molecule has 0 heterocycles. The summed E-state index contributed by atoms with van der Waals surface area (Å²) in [6.45, 7) is 4.65. The summed E-state index contributed by atoms with van der Waals surface area (Å²) in [6.07, 6.45) is 2.22. The molecular formula is C26H27NO3. The summed E-state index contributed by atoms with van der Waals surface area (Å²) in [6, 6.07) is 22.2. The lowest BCUT2D eigenvalue weighted by atomic mass is 10.00. The van der Waals surface area contributed by atoms with Gasteiger partial charge in [0.15, 0.2) is 5.78 Å². The van der Waals surface area contributed by atoms with E-state index >= 15 is 0 Å². The molecule has 30 heavy (non-hydrogen) atoms. The molecule has 0 aliphatic heterocycles. The van der Waals surface area contributed by atoms with Crippen LogP contribution in [-0.2, 0) is 6.42 Å².